The molecule has 0 amide bonds. The van der Waals surface area contributed by atoms with Crippen molar-refractivity contribution in [1.29, 1.82) is 0 Å². The van der Waals surface area contributed by atoms with Crippen LogP contribution in [0, 0.1) is 0 Å². The zero-order chi connectivity index (χ0) is 12.7. The SMILES string of the molecule is CCS(=O)(=O)Nc1ccc(NCCOC)nc1. The number of pyridine rings is 1. The molecule has 2 N–H and O–H groups in total. The third kappa shape index (κ3) is 5.01. The molecule has 0 atom stereocenters. The lowest BCUT2D eigenvalue weighted by Gasteiger charge is -2.07. The Morgan fingerprint density at radius 3 is 2.71 bits per heavy atom. The Hall–Kier alpha value is -1.34. The van der Waals surface area contributed by atoms with Gasteiger partial charge in [0.15, 0.2) is 0 Å². The lowest BCUT2D eigenvalue weighted by molar-refractivity contribution is 0.210. The summed E-state index contributed by atoms with van der Waals surface area (Å²) in [5.74, 6) is 0.724. The lowest BCUT2D eigenvalue weighted by atomic mass is 10.4. The average Bonchev–Trinajstić information content (AvgIpc) is 2.31. The smallest absolute Gasteiger partial charge is 0.232 e. The Kier molecular flexibility index (Phi) is 5.17. The van der Waals surface area contributed by atoms with Gasteiger partial charge in [0.25, 0.3) is 0 Å². The van der Waals surface area contributed by atoms with Gasteiger partial charge in [-0.3, -0.25) is 4.72 Å². The number of sulfonamides is 1. The molecule has 0 aromatic carbocycles. The average molecular weight is 259 g/mol. The van der Waals surface area contributed by atoms with Gasteiger partial charge >= 0.3 is 0 Å². The van der Waals surface area contributed by atoms with Crippen molar-refractivity contribution in [3.63, 3.8) is 0 Å². The van der Waals surface area contributed by atoms with E-state index in [-0.39, 0.29) is 5.75 Å². The number of hydrogen-bond acceptors (Lipinski definition) is 5. The molecule has 0 aliphatic heterocycles. The molecule has 17 heavy (non-hydrogen) atoms. The first kappa shape index (κ1) is 13.7. The van der Waals surface area contributed by atoms with E-state index in [1.165, 1.54) is 6.20 Å². The fourth-order valence-electron chi connectivity index (χ4n) is 1.09. The van der Waals surface area contributed by atoms with Crippen LogP contribution in [0.2, 0.25) is 0 Å². The molecule has 1 rings (SSSR count). The van der Waals surface area contributed by atoms with Gasteiger partial charge in [-0.15, -0.1) is 0 Å². The molecule has 0 fully saturated rings. The number of hydrogen-bond donors (Lipinski definition) is 2. The van der Waals surface area contributed by atoms with Gasteiger partial charge in [-0.2, -0.15) is 0 Å². The summed E-state index contributed by atoms with van der Waals surface area (Å²) in [4.78, 5) is 4.08. The number of anilines is 2. The van der Waals surface area contributed by atoms with E-state index in [0.29, 0.717) is 24.7 Å². The highest BCUT2D eigenvalue weighted by atomic mass is 32.2. The van der Waals surface area contributed by atoms with Crippen molar-refractivity contribution in [3.8, 4) is 0 Å². The van der Waals surface area contributed by atoms with E-state index in [1.54, 1.807) is 26.2 Å². The zero-order valence-electron chi connectivity index (χ0n) is 9.93. The molecule has 7 heteroatoms. The van der Waals surface area contributed by atoms with E-state index in [0.717, 1.165) is 0 Å². The minimum atomic E-state index is -3.24. The van der Waals surface area contributed by atoms with Crippen LogP contribution < -0.4 is 10.0 Å². The molecule has 1 heterocycles. The predicted molar refractivity (Wildman–Crippen MR) is 67.7 cm³/mol. The lowest BCUT2D eigenvalue weighted by Crippen LogP contribution is -2.15. The van der Waals surface area contributed by atoms with Gasteiger partial charge in [-0.05, 0) is 19.1 Å². The van der Waals surface area contributed by atoms with Gasteiger partial charge in [-0.25, -0.2) is 13.4 Å². The highest BCUT2D eigenvalue weighted by molar-refractivity contribution is 7.92. The molecule has 1 aromatic heterocycles. The molecule has 0 saturated heterocycles. The van der Waals surface area contributed by atoms with Crippen LogP contribution >= 0.6 is 0 Å². The maximum atomic E-state index is 11.3. The summed E-state index contributed by atoms with van der Waals surface area (Å²) in [5, 5.41) is 3.04. The highest BCUT2D eigenvalue weighted by Crippen LogP contribution is 2.11. The van der Waals surface area contributed by atoms with Crippen LogP contribution in [0.4, 0.5) is 11.5 Å². The molecule has 0 spiro atoms. The molecule has 6 nitrogen and oxygen atoms in total. The topological polar surface area (TPSA) is 80.3 Å². The molecule has 0 radical (unpaired) electrons. The van der Waals surface area contributed by atoms with Crippen LogP contribution in [0.25, 0.3) is 0 Å². The molecular weight excluding hydrogens is 242 g/mol. The van der Waals surface area contributed by atoms with Crippen molar-refractivity contribution in [3.05, 3.63) is 18.3 Å². The third-order valence-corrected chi connectivity index (χ3v) is 3.34. The number of nitrogens with zero attached hydrogens (tertiary/aromatic N) is 1. The monoisotopic (exact) mass is 259 g/mol. The summed E-state index contributed by atoms with van der Waals surface area (Å²) in [6.07, 6.45) is 1.47. The van der Waals surface area contributed by atoms with Crippen LogP contribution in [0.5, 0.6) is 0 Å². The van der Waals surface area contributed by atoms with Crippen LogP contribution in [-0.4, -0.2) is 39.4 Å². The van der Waals surface area contributed by atoms with Gasteiger partial charge in [-0.1, -0.05) is 0 Å². The van der Waals surface area contributed by atoms with E-state index in [4.69, 9.17) is 4.74 Å². The fourth-order valence-corrected chi connectivity index (χ4v) is 1.72. The molecule has 1 aromatic rings. The second-order valence-corrected chi connectivity index (χ2v) is 5.37. The molecule has 0 saturated carbocycles. The first-order chi connectivity index (χ1) is 8.07. The first-order valence-electron chi connectivity index (χ1n) is 5.26. The van der Waals surface area contributed by atoms with Gasteiger partial charge in [0.2, 0.25) is 10.0 Å². The molecule has 0 aliphatic carbocycles. The van der Waals surface area contributed by atoms with E-state index in [2.05, 4.69) is 15.0 Å². The third-order valence-electron chi connectivity index (χ3n) is 2.03. The van der Waals surface area contributed by atoms with Gasteiger partial charge in [0.05, 0.1) is 24.2 Å². The molecular formula is C10H17N3O3S. The first-order valence-corrected chi connectivity index (χ1v) is 6.92. The summed E-state index contributed by atoms with van der Waals surface area (Å²) in [5.41, 5.74) is 0.462. The Morgan fingerprint density at radius 1 is 1.41 bits per heavy atom. The summed E-state index contributed by atoms with van der Waals surface area (Å²) < 4.78 is 29.9. The fraction of sp³-hybridized carbons (Fsp3) is 0.500. The van der Waals surface area contributed by atoms with Crippen LogP contribution in [0.1, 0.15) is 6.92 Å². The van der Waals surface area contributed by atoms with Crippen LogP contribution in [0.3, 0.4) is 0 Å². The Labute approximate surface area is 101 Å². The maximum absolute atomic E-state index is 11.3. The molecule has 0 aliphatic rings. The summed E-state index contributed by atoms with van der Waals surface area (Å²) >= 11 is 0. The minimum absolute atomic E-state index is 0.0425. The van der Waals surface area contributed by atoms with Crippen molar-refractivity contribution < 1.29 is 13.2 Å². The molecule has 96 valence electrons. The second-order valence-electron chi connectivity index (χ2n) is 3.36. The number of rotatable bonds is 7. The molecule has 0 bridgehead atoms. The summed E-state index contributed by atoms with van der Waals surface area (Å²) in [6, 6.07) is 3.37. The van der Waals surface area contributed by atoms with Crippen molar-refractivity contribution in [2.75, 3.05) is 36.1 Å². The number of aromatic nitrogens is 1. The highest BCUT2D eigenvalue weighted by Gasteiger charge is 2.06. The van der Waals surface area contributed by atoms with Crippen molar-refractivity contribution in [2.24, 2.45) is 0 Å². The molecule has 0 unspecified atom stereocenters. The maximum Gasteiger partial charge on any atom is 0.232 e. The van der Waals surface area contributed by atoms with Crippen molar-refractivity contribution in [2.45, 2.75) is 6.92 Å². The number of ether oxygens (including phenoxy) is 1. The Balaban J connectivity index is 2.56. The number of methoxy groups -OCH3 is 1. The summed E-state index contributed by atoms with van der Waals surface area (Å²) in [6.45, 7) is 2.83. The second kappa shape index (κ2) is 6.41. The summed E-state index contributed by atoms with van der Waals surface area (Å²) in [7, 11) is -1.61. The van der Waals surface area contributed by atoms with Crippen molar-refractivity contribution in [1.82, 2.24) is 4.98 Å². The van der Waals surface area contributed by atoms with E-state index in [9.17, 15) is 8.42 Å². The van der Waals surface area contributed by atoms with E-state index < -0.39 is 10.0 Å². The number of nitrogens with one attached hydrogen (secondary N) is 2. The van der Waals surface area contributed by atoms with Gasteiger partial charge < -0.3 is 10.1 Å². The zero-order valence-corrected chi connectivity index (χ0v) is 10.8. The van der Waals surface area contributed by atoms with Crippen LogP contribution in [-0.2, 0) is 14.8 Å². The predicted octanol–water partition coefficient (Wildman–Crippen LogP) is 0.901. The Bertz CT molecular complexity index is 431. The van der Waals surface area contributed by atoms with E-state index >= 15 is 0 Å². The van der Waals surface area contributed by atoms with Crippen molar-refractivity contribution >= 4 is 21.5 Å². The quantitative estimate of drug-likeness (QED) is 0.711. The standard InChI is InChI=1S/C10H17N3O3S/c1-3-17(14,15)13-9-4-5-10(12-8-9)11-6-7-16-2/h4-5,8,13H,3,6-7H2,1-2H3,(H,11,12). The normalized spacial score (nSPS) is 11.2. The largest absolute Gasteiger partial charge is 0.383 e. The van der Waals surface area contributed by atoms with Gasteiger partial charge in [0, 0.05) is 13.7 Å². The van der Waals surface area contributed by atoms with Gasteiger partial charge in [0.1, 0.15) is 5.82 Å². The van der Waals surface area contributed by atoms with E-state index in [1.807, 2.05) is 0 Å². The van der Waals surface area contributed by atoms with Crippen LogP contribution in [0.15, 0.2) is 18.3 Å². The minimum Gasteiger partial charge on any atom is -0.383 e. The Morgan fingerprint density at radius 2 is 2.18 bits per heavy atom.